The van der Waals surface area contributed by atoms with Gasteiger partial charge < -0.3 is 15.5 Å². The number of nitrogens with zero attached hydrogens (tertiary/aromatic N) is 4. The molecule has 0 aromatic carbocycles. The Hall–Kier alpha value is -1.59. The summed E-state index contributed by atoms with van der Waals surface area (Å²) < 4.78 is 0. The molecule has 6 nitrogen and oxygen atoms in total. The number of anilines is 3. The van der Waals surface area contributed by atoms with Gasteiger partial charge in [0.2, 0.25) is 17.8 Å². The van der Waals surface area contributed by atoms with Crippen molar-refractivity contribution < 1.29 is 0 Å². The van der Waals surface area contributed by atoms with Crippen LogP contribution < -0.4 is 15.5 Å². The van der Waals surface area contributed by atoms with Crippen LogP contribution in [0.1, 0.15) is 46.5 Å². The minimum atomic E-state index is 0.401. The number of hydrogen-bond acceptors (Lipinski definition) is 6. The maximum atomic E-state index is 4.51. The van der Waals surface area contributed by atoms with Gasteiger partial charge in [0.25, 0.3) is 0 Å². The monoisotopic (exact) mass is 292 g/mol. The highest BCUT2D eigenvalue weighted by Gasteiger charge is 2.28. The third-order valence-electron chi connectivity index (χ3n) is 3.90. The number of nitrogens with one attached hydrogen (secondary N) is 2. The molecule has 1 saturated carbocycles. The van der Waals surface area contributed by atoms with Crippen LogP contribution in [0.4, 0.5) is 17.8 Å². The highest BCUT2D eigenvalue weighted by molar-refractivity contribution is 5.43. The number of aromatic nitrogens is 3. The van der Waals surface area contributed by atoms with E-state index < -0.39 is 0 Å². The first kappa shape index (κ1) is 15.8. The summed E-state index contributed by atoms with van der Waals surface area (Å²) in [6, 6.07) is 0.445. The van der Waals surface area contributed by atoms with E-state index in [9.17, 15) is 0 Å². The van der Waals surface area contributed by atoms with Gasteiger partial charge in [-0.15, -0.1) is 0 Å². The van der Waals surface area contributed by atoms with Gasteiger partial charge >= 0.3 is 0 Å². The first-order chi connectivity index (χ1) is 9.89. The summed E-state index contributed by atoms with van der Waals surface area (Å²) in [6.45, 7) is 7.51. The molecule has 1 unspecified atom stereocenters. The Labute approximate surface area is 127 Å². The van der Waals surface area contributed by atoms with Crippen LogP contribution in [0.3, 0.4) is 0 Å². The number of hydrogen-bond donors (Lipinski definition) is 2. The molecule has 0 spiro atoms. The third-order valence-corrected chi connectivity index (χ3v) is 3.90. The molecule has 2 N–H and O–H groups in total. The normalized spacial score (nSPS) is 20.9. The second-order valence-corrected chi connectivity index (χ2v) is 6.81. The summed E-state index contributed by atoms with van der Waals surface area (Å²) in [5, 5.41) is 6.67. The van der Waals surface area contributed by atoms with E-state index in [1.54, 1.807) is 0 Å². The standard InChI is InChI=1S/C15H28N6/c1-6-16-12-18-13(20-14(19-12)21(4)5)17-11-8-7-9-15(2,3)10-11/h11H,6-10H2,1-5H3,(H2,16,17,18,19,20). The molecule has 1 aliphatic carbocycles. The smallest absolute Gasteiger partial charge is 0.231 e. The topological polar surface area (TPSA) is 66.0 Å². The van der Waals surface area contributed by atoms with Crippen molar-refractivity contribution in [2.24, 2.45) is 5.41 Å². The van der Waals surface area contributed by atoms with Crippen LogP contribution in [0.15, 0.2) is 0 Å². The Morgan fingerprint density at radius 2 is 1.90 bits per heavy atom. The fraction of sp³-hybridized carbons (Fsp3) is 0.800. The molecule has 1 fully saturated rings. The van der Waals surface area contributed by atoms with Crippen molar-refractivity contribution in [2.45, 2.75) is 52.5 Å². The lowest BCUT2D eigenvalue weighted by Crippen LogP contribution is -2.32. The largest absolute Gasteiger partial charge is 0.354 e. The van der Waals surface area contributed by atoms with Crippen molar-refractivity contribution in [1.29, 1.82) is 0 Å². The molecule has 2 rings (SSSR count). The first-order valence-corrected chi connectivity index (χ1v) is 7.83. The zero-order chi connectivity index (χ0) is 15.5. The zero-order valence-corrected chi connectivity index (χ0v) is 13.9. The van der Waals surface area contributed by atoms with Gasteiger partial charge in [-0.2, -0.15) is 15.0 Å². The fourth-order valence-corrected chi connectivity index (χ4v) is 2.87. The molecule has 1 atom stereocenters. The van der Waals surface area contributed by atoms with Gasteiger partial charge in [0.15, 0.2) is 0 Å². The summed E-state index contributed by atoms with van der Waals surface area (Å²) >= 11 is 0. The van der Waals surface area contributed by atoms with Gasteiger partial charge in [-0.05, 0) is 31.6 Å². The van der Waals surface area contributed by atoms with Crippen molar-refractivity contribution in [3.8, 4) is 0 Å². The van der Waals surface area contributed by atoms with Crippen LogP contribution in [0.2, 0.25) is 0 Å². The molecule has 1 aromatic heterocycles. The van der Waals surface area contributed by atoms with E-state index in [4.69, 9.17) is 0 Å². The van der Waals surface area contributed by atoms with E-state index in [0.717, 1.165) is 13.0 Å². The van der Waals surface area contributed by atoms with Gasteiger partial charge in [-0.3, -0.25) is 0 Å². The Morgan fingerprint density at radius 3 is 2.52 bits per heavy atom. The molecule has 1 heterocycles. The molecule has 0 bridgehead atoms. The van der Waals surface area contributed by atoms with Crippen LogP contribution in [-0.2, 0) is 0 Å². The van der Waals surface area contributed by atoms with E-state index in [2.05, 4.69) is 39.4 Å². The summed E-state index contributed by atoms with van der Waals surface area (Å²) in [6.07, 6.45) is 4.90. The van der Waals surface area contributed by atoms with Crippen LogP contribution in [0, 0.1) is 5.41 Å². The molecular formula is C15H28N6. The third kappa shape index (κ3) is 4.44. The lowest BCUT2D eigenvalue weighted by atomic mass is 9.75. The molecule has 21 heavy (non-hydrogen) atoms. The van der Waals surface area contributed by atoms with Crippen molar-refractivity contribution >= 4 is 17.8 Å². The van der Waals surface area contributed by atoms with E-state index in [0.29, 0.717) is 29.3 Å². The van der Waals surface area contributed by atoms with Crippen molar-refractivity contribution in [2.75, 3.05) is 36.2 Å². The van der Waals surface area contributed by atoms with Gasteiger partial charge in [0.1, 0.15) is 0 Å². The Morgan fingerprint density at radius 1 is 1.19 bits per heavy atom. The molecular weight excluding hydrogens is 264 g/mol. The summed E-state index contributed by atoms with van der Waals surface area (Å²) in [5.74, 6) is 1.99. The van der Waals surface area contributed by atoms with Gasteiger partial charge in [0.05, 0.1) is 0 Å². The average molecular weight is 292 g/mol. The van der Waals surface area contributed by atoms with E-state index in [-0.39, 0.29) is 0 Å². The van der Waals surface area contributed by atoms with Crippen LogP contribution in [0.25, 0.3) is 0 Å². The second-order valence-electron chi connectivity index (χ2n) is 6.81. The highest BCUT2D eigenvalue weighted by atomic mass is 15.3. The van der Waals surface area contributed by atoms with Crippen LogP contribution in [0.5, 0.6) is 0 Å². The quantitative estimate of drug-likeness (QED) is 0.870. The fourth-order valence-electron chi connectivity index (χ4n) is 2.87. The molecule has 0 saturated heterocycles. The Balaban J connectivity index is 2.14. The van der Waals surface area contributed by atoms with E-state index in [1.807, 2.05) is 25.9 Å². The maximum Gasteiger partial charge on any atom is 0.231 e. The predicted molar refractivity (Wildman–Crippen MR) is 88.0 cm³/mol. The maximum absolute atomic E-state index is 4.51. The van der Waals surface area contributed by atoms with Crippen molar-refractivity contribution in [3.63, 3.8) is 0 Å². The van der Waals surface area contributed by atoms with Gasteiger partial charge in [-0.1, -0.05) is 20.3 Å². The van der Waals surface area contributed by atoms with E-state index in [1.165, 1.54) is 19.3 Å². The minimum Gasteiger partial charge on any atom is -0.354 e. The van der Waals surface area contributed by atoms with Gasteiger partial charge in [0, 0.05) is 26.7 Å². The van der Waals surface area contributed by atoms with Crippen molar-refractivity contribution in [1.82, 2.24) is 15.0 Å². The molecule has 0 radical (unpaired) electrons. The molecule has 118 valence electrons. The van der Waals surface area contributed by atoms with Crippen molar-refractivity contribution in [3.05, 3.63) is 0 Å². The minimum absolute atomic E-state index is 0.401. The Bertz CT molecular complexity index is 471. The Kier molecular flexibility index (Phi) is 4.85. The van der Waals surface area contributed by atoms with Crippen LogP contribution >= 0.6 is 0 Å². The molecule has 1 aliphatic rings. The first-order valence-electron chi connectivity index (χ1n) is 7.83. The number of rotatable bonds is 5. The SMILES string of the molecule is CCNc1nc(NC2CCCC(C)(C)C2)nc(N(C)C)n1. The summed E-state index contributed by atoms with van der Waals surface area (Å²) in [4.78, 5) is 15.3. The molecule has 6 heteroatoms. The lowest BCUT2D eigenvalue weighted by Gasteiger charge is -2.35. The summed E-state index contributed by atoms with van der Waals surface area (Å²) in [5.41, 5.74) is 0.401. The van der Waals surface area contributed by atoms with Crippen LogP contribution in [-0.4, -0.2) is 41.6 Å². The summed E-state index contributed by atoms with van der Waals surface area (Å²) in [7, 11) is 3.89. The second kappa shape index (κ2) is 6.45. The lowest BCUT2D eigenvalue weighted by molar-refractivity contribution is 0.229. The molecule has 0 aliphatic heterocycles. The molecule has 0 amide bonds. The zero-order valence-electron chi connectivity index (χ0n) is 13.9. The van der Waals surface area contributed by atoms with Gasteiger partial charge in [-0.25, -0.2) is 0 Å². The highest BCUT2D eigenvalue weighted by Crippen LogP contribution is 2.36. The van der Waals surface area contributed by atoms with E-state index >= 15 is 0 Å². The predicted octanol–water partition coefficient (Wildman–Crippen LogP) is 2.75. The molecule has 1 aromatic rings. The average Bonchev–Trinajstić information content (AvgIpc) is 2.37.